The highest BCUT2D eigenvalue weighted by atomic mass is 32.2. The van der Waals surface area contributed by atoms with E-state index in [-0.39, 0.29) is 17.2 Å². The van der Waals surface area contributed by atoms with Gasteiger partial charge in [0.25, 0.3) is 0 Å². The van der Waals surface area contributed by atoms with Crippen molar-refractivity contribution in [3.63, 3.8) is 0 Å². The maximum atomic E-state index is 13.4. The zero-order valence-corrected chi connectivity index (χ0v) is 13.0. The maximum Gasteiger partial charge on any atom is 0.416 e. The SMILES string of the molecule is O=C(CSCc1cccc(C(F)(F)F)c1)Nc1cc(F)ccc1F. The molecule has 1 amide bonds. The highest BCUT2D eigenvalue weighted by Crippen LogP contribution is 2.30. The number of alkyl halides is 3. The molecule has 128 valence electrons. The van der Waals surface area contributed by atoms with Gasteiger partial charge in [-0.15, -0.1) is 11.8 Å². The summed E-state index contributed by atoms with van der Waals surface area (Å²) in [6, 6.07) is 7.46. The van der Waals surface area contributed by atoms with Crippen LogP contribution in [0, 0.1) is 11.6 Å². The molecular weight excluding hydrogens is 349 g/mol. The molecule has 0 bridgehead atoms. The molecule has 0 fully saturated rings. The van der Waals surface area contributed by atoms with Crippen molar-refractivity contribution in [1.29, 1.82) is 0 Å². The van der Waals surface area contributed by atoms with Gasteiger partial charge in [-0.3, -0.25) is 4.79 Å². The average molecular weight is 361 g/mol. The third-order valence-corrected chi connectivity index (χ3v) is 3.96. The number of rotatable bonds is 5. The van der Waals surface area contributed by atoms with E-state index in [1.807, 2.05) is 0 Å². The number of hydrogen-bond donors (Lipinski definition) is 1. The molecule has 0 aliphatic heterocycles. The summed E-state index contributed by atoms with van der Waals surface area (Å²) in [6.45, 7) is 0. The van der Waals surface area contributed by atoms with E-state index in [0.29, 0.717) is 5.56 Å². The summed E-state index contributed by atoms with van der Waals surface area (Å²) in [5.41, 5.74) is -0.619. The summed E-state index contributed by atoms with van der Waals surface area (Å²) in [4.78, 5) is 11.7. The third kappa shape index (κ3) is 5.23. The quantitative estimate of drug-likeness (QED) is 0.771. The fraction of sp³-hybridized carbons (Fsp3) is 0.188. The molecule has 0 atom stereocenters. The van der Waals surface area contributed by atoms with E-state index in [1.54, 1.807) is 0 Å². The standard InChI is InChI=1S/C16H12F5NOS/c17-12-4-5-13(18)14(7-12)22-15(23)9-24-8-10-2-1-3-11(6-10)16(19,20)21/h1-7H,8-9H2,(H,22,23). The number of nitrogens with one attached hydrogen (secondary N) is 1. The van der Waals surface area contributed by atoms with E-state index in [9.17, 15) is 26.7 Å². The van der Waals surface area contributed by atoms with Crippen LogP contribution in [0.5, 0.6) is 0 Å². The molecule has 0 aromatic heterocycles. The monoisotopic (exact) mass is 361 g/mol. The van der Waals surface area contributed by atoms with Gasteiger partial charge >= 0.3 is 6.18 Å². The van der Waals surface area contributed by atoms with Gasteiger partial charge in [-0.05, 0) is 23.8 Å². The van der Waals surface area contributed by atoms with Gasteiger partial charge in [0.1, 0.15) is 11.6 Å². The fourth-order valence-corrected chi connectivity index (χ4v) is 2.65. The summed E-state index contributed by atoms with van der Waals surface area (Å²) in [5, 5.41) is 2.22. The highest BCUT2D eigenvalue weighted by Gasteiger charge is 2.30. The van der Waals surface area contributed by atoms with Crippen LogP contribution >= 0.6 is 11.8 Å². The summed E-state index contributed by atoms with van der Waals surface area (Å²) in [5.74, 6) is -1.96. The number of benzene rings is 2. The molecule has 2 nitrogen and oxygen atoms in total. The van der Waals surface area contributed by atoms with Crippen molar-refractivity contribution < 1.29 is 26.7 Å². The van der Waals surface area contributed by atoms with Crippen LogP contribution in [0.15, 0.2) is 42.5 Å². The number of carbonyl (C=O) groups is 1. The molecule has 2 aromatic rings. The first-order valence-electron chi connectivity index (χ1n) is 6.74. The largest absolute Gasteiger partial charge is 0.416 e. The first-order chi connectivity index (χ1) is 11.3. The predicted octanol–water partition coefficient (Wildman–Crippen LogP) is 4.86. The van der Waals surface area contributed by atoms with Crippen molar-refractivity contribution in [2.45, 2.75) is 11.9 Å². The molecule has 2 rings (SSSR count). The van der Waals surface area contributed by atoms with Gasteiger partial charge in [-0.2, -0.15) is 13.2 Å². The van der Waals surface area contributed by atoms with E-state index in [2.05, 4.69) is 5.32 Å². The fourth-order valence-electron chi connectivity index (χ4n) is 1.88. The second-order valence-electron chi connectivity index (χ2n) is 4.86. The van der Waals surface area contributed by atoms with E-state index in [0.717, 1.165) is 42.1 Å². The van der Waals surface area contributed by atoms with Gasteiger partial charge in [-0.25, -0.2) is 8.78 Å². The molecule has 0 radical (unpaired) electrons. The molecule has 0 spiro atoms. The number of hydrogen-bond acceptors (Lipinski definition) is 2. The lowest BCUT2D eigenvalue weighted by atomic mass is 10.1. The van der Waals surface area contributed by atoms with Crippen LogP contribution in [0.4, 0.5) is 27.6 Å². The molecule has 0 unspecified atom stereocenters. The van der Waals surface area contributed by atoms with Gasteiger partial charge in [0.15, 0.2) is 0 Å². The summed E-state index contributed by atoms with van der Waals surface area (Å²) in [7, 11) is 0. The van der Waals surface area contributed by atoms with Gasteiger partial charge in [0.05, 0.1) is 17.0 Å². The van der Waals surface area contributed by atoms with Crippen molar-refractivity contribution in [2.24, 2.45) is 0 Å². The van der Waals surface area contributed by atoms with Crippen LogP contribution in [0.3, 0.4) is 0 Å². The first kappa shape index (κ1) is 18.3. The molecule has 0 aliphatic rings. The Morgan fingerprint density at radius 3 is 2.54 bits per heavy atom. The van der Waals surface area contributed by atoms with Crippen molar-refractivity contribution >= 4 is 23.4 Å². The number of carbonyl (C=O) groups excluding carboxylic acids is 1. The molecule has 2 aromatic carbocycles. The number of thioether (sulfide) groups is 1. The minimum atomic E-state index is -4.42. The Kier molecular flexibility index (Phi) is 5.82. The van der Waals surface area contributed by atoms with Crippen LogP contribution in [0.2, 0.25) is 0 Å². The van der Waals surface area contributed by atoms with Crippen molar-refractivity contribution in [2.75, 3.05) is 11.1 Å². The predicted molar refractivity (Wildman–Crippen MR) is 82.6 cm³/mol. The van der Waals surface area contributed by atoms with Crippen molar-refractivity contribution in [3.8, 4) is 0 Å². The van der Waals surface area contributed by atoms with Crippen LogP contribution in [-0.2, 0) is 16.7 Å². The maximum absolute atomic E-state index is 13.4. The minimum Gasteiger partial charge on any atom is -0.323 e. The molecular formula is C16H12F5NOS. The number of amides is 1. The van der Waals surface area contributed by atoms with E-state index >= 15 is 0 Å². The summed E-state index contributed by atoms with van der Waals surface area (Å²) >= 11 is 1.07. The highest BCUT2D eigenvalue weighted by molar-refractivity contribution is 7.99. The molecule has 0 aliphatic carbocycles. The van der Waals surface area contributed by atoms with Crippen LogP contribution in [-0.4, -0.2) is 11.7 Å². The van der Waals surface area contributed by atoms with Crippen LogP contribution in [0.1, 0.15) is 11.1 Å². The lowest BCUT2D eigenvalue weighted by Gasteiger charge is -2.09. The lowest BCUT2D eigenvalue weighted by Crippen LogP contribution is -2.15. The summed E-state index contributed by atoms with van der Waals surface area (Å²) in [6.07, 6.45) is -4.42. The average Bonchev–Trinajstić information content (AvgIpc) is 2.50. The Hall–Kier alpha value is -2.09. The molecule has 0 saturated carbocycles. The molecule has 0 saturated heterocycles. The van der Waals surface area contributed by atoms with Crippen LogP contribution < -0.4 is 5.32 Å². The van der Waals surface area contributed by atoms with Gasteiger partial charge in [0.2, 0.25) is 5.91 Å². The minimum absolute atomic E-state index is 0.105. The van der Waals surface area contributed by atoms with E-state index in [1.165, 1.54) is 12.1 Å². The number of halogens is 5. The van der Waals surface area contributed by atoms with Gasteiger partial charge < -0.3 is 5.32 Å². The molecule has 0 heterocycles. The summed E-state index contributed by atoms with van der Waals surface area (Å²) < 4.78 is 64.2. The Bertz CT molecular complexity index is 733. The van der Waals surface area contributed by atoms with Gasteiger partial charge in [0, 0.05) is 11.8 Å². The van der Waals surface area contributed by atoms with Crippen molar-refractivity contribution in [1.82, 2.24) is 0 Å². The smallest absolute Gasteiger partial charge is 0.323 e. The Morgan fingerprint density at radius 2 is 1.83 bits per heavy atom. The second kappa shape index (κ2) is 7.65. The van der Waals surface area contributed by atoms with Gasteiger partial charge in [-0.1, -0.05) is 18.2 Å². The number of anilines is 1. The molecule has 24 heavy (non-hydrogen) atoms. The first-order valence-corrected chi connectivity index (χ1v) is 7.90. The second-order valence-corrected chi connectivity index (χ2v) is 5.85. The Balaban J connectivity index is 1.88. The molecule has 1 N–H and O–H groups in total. The zero-order chi connectivity index (χ0) is 17.7. The third-order valence-electron chi connectivity index (χ3n) is 2.96. The van der Waals surface area contributed by atoms with Crippen LogP contribution in [0.25, 0.3) is 0 Å². The van der Waals surface area contributed by atoms with E-state index < -0.39 is 29.3 Å². The van der Waals surface area contributed by atoms with E-state index in [4.69, 9.17) is 0 Å². The Morgan fingerprint density at radius 1 is 1.08 bits per heavy atom. The zero-order valence-electron chi connectivity index (χ0n) is 12.2. The van der Waals surface area contributed by atoms with Crippen molar-refractivity contribution in [3.05, 3.63) is 65.2 Å². The Labute approximate surface area is 139 Å². The normalized spacial score (nSPS) is 11.4. The lowest BCUT2D eigenvalue weighted by molar-refractivity contribution is -0.137. The topological polar surface area (TPSA) is 29.1 Å². The molecule has 8 heteroatoms.